The van der Waals surface area contributed by atoms with Crippen molar-refractivity contribution in [3.63, 3.8) is 0 Å². The molecule has 0 bridgehead atoms. The zero-order chi connectivity index (χ0) is 33.1. The van der Waals surface area contributed by atoms with Crippen molar-refractivity contribution in [2.75, 3.05) is 0 Å². The maximum Gasteiger partial charge on any atom is -0.0240 e. The van der Waals surface area contributed by atoms with Crippen molar-refractivity contribution in [2.45, 2.75) is 26.7 Å². The van der Waals surface area contributed by atoms with Crippen molar-refractivity contribution in [2.24, 2.45) is 0 Å². The van der Waals surface area contributed by atoms with Gasteiger partial charge in [0.05, 0.1) is 0 Å². The van der Waals surface area contributed by atoms with Gasteiger partial charge >= 0.3 is 28.4 Å². The van der Waals surface area contributed by atoms with E-state index in [1.54, 1.807) is 24.3 Å². The van der Waals surface area contributed by atoms with Crippen LogP contribution in [0.3, 0.4) is 0 Å². The predicted octanol–water partition coefficient (Wildman–Crippen LogP) is 13.7. The summed E-state index contributed by atoms with van der Waals surface area (Å²) >= 11 is 23.9. The first-order chi connectivity index (χ1) is 22.3. The molecule has 2 aliphatic carbocycles. The molecule has 0 saturated carbocycles. The molecular formula is C41H32Cl6Zr-4. The molecule has 48 heavy (non-hydrogen) atoms. The maximum absolute atomic E-state index is 5.70. The number of aryl methyl sites for hydroxylation is 2. The van der Waals surface area contributed by atoms with E-state index in [4.69, 9.17) is 46.4 Å². The van der Waals surface area contributed by atoms with Crippen LogP contribution in [0, 0.1) is 38.1 Å². The second kappa shape index (κ2) is 21.1. The van der Waals surface area contributed by atoms with Crippen LogP contribution in [0.1, 0.15) is 28.7 Å². The molecule has 8 rings (SSSR count). The van der Waals surface area contributed by atoms with Gasteiger partial charge in [0, 0.05) is 0 Å². The van der Waals surface area contributed by atoms with Gasteiger partial charge < -0.3 is 0 Å². The van der Waals surface area contributed by atoms with E-state index in [9.17, 15) is 0 Å². The first kappa shape index (κ1) is 42.0. The van der Waals surface area contributed by atoms with Gasteiger partial charge in [0.1, 0.15) is 0 Å². The van der Waals surface area contributed by atoms with E-state index >= 15 is 0 Å². The molecule has 2 aliphatic rings. The summed E-state index contributed by atoms with van der Waals surface area (Å²) in [6.07, 6.45) is 11.0. The Balaban J connectivity index is 0.000000249. The fourth-order valence-electron chi connectivity index (χ4n) is 5.10. The van der Waals surface area contributed by atoms with Crippen molar-refractivity contribution in [3.05, 3.63) is 176 Å². The monoisotopic (exact) mass is 824 g/mol. The first-order valence-electron chi connectivity index (χ1n) is 14.5. The molecule has 0 aromatic heterocycles. The van der Waals surface area contributed by atoms with E-state index in [2.05, 4.69) is 95.2 Å². The average molecular weight is 829 g/mol. The molecule has 246 valence electrons. The molecule has 6 aromatic rings. The smallest absolute Gasteiger partial charge is 0.0240 e. The van der Waals surface area contributed by atoms with Crippen LogP contribution in [-0.4, -0.2) is 4.21 Å². The van der Waals surface area contributed by atoms with Crippen LogP contribution in [0.25, 0.3) is 32.7 Å². The minimum atomic E-state index is 0. The SMILES string of the molecule is Cc1[c-]cc(Cl)cc1Cl.Cc1[c-]cc(Cl)cc1Cl.Cl.Cl.[C-]1=CC=CC1.[CH2]=[Zr].[c-]1cccc2c1c1c(c3ccccc32)-c2ccccc2C1. The quantitative estimate of drug-likeness (QED) is 0.106. The summed E-state index contributed by atoms with van der Waals surface area (Å²) in [6.45, 7) is 3.78. The Labute approximate surface area is 331 Å². The van der Waals surface area contributed by atoms with Crippen LogP contribution in [0.2, 0.25) is 20.1 Å². The molecule has 0 unspecified atom stereocenters. The molecule has 0 heterocycles. The number of fused-ring (bicyclic) bond motifs is 8. The van der Waals surface area contributed by atoms with Gasteiger partial charge in [0.25, 0.3) is 0 Å². The summed E-state index contributed by atoms with van der Waals surface area (Å²) in [6, 6.07) is 40.0. The average Bonchev–Trinajstić information content (AvgIpc) is 3.79. The fraction of sp³-hybridized carbons (Fsp3) is 0.0976. The topological polar surface area (TPSA) is 0 Å². The third-order valence-corrected chi connectivity index (χ3v) is 8.51. The molecule has 0 atom stereocenters. The van der Waals surface area contributed by atoms with Gasteiger partial charge in [-0.2, -0.15) is 76.7 Å². The van der Waals surface area contributed by atoms with E-state index in [0.717, 1.165) is 24.0 Å². The van der Waals surface area contributed by atoms with Gasteiger partial charge in [-0.25, -0.2) is 12.2 Å². The van der Waals surface area contributed by atoms with Crippen molar-refractivity contribution in [1.29, 1.82) is 0 Å². The summed E-state index contributed by atoms with van der Waals surface area (Å²) in [5.74, 6) is 0. The number of hydrogen-bond acceptors (Lipinski definition) is 0. The number of rotatable bonds is 0. The molecule has 0 spiro atoms. The van der Waals surface area contributed by atoms with Crippen LogP contribution in [-0.2, 0) is 30.7 Å². The van der Waals surface area contributed by atoms with Crippen LogP contribution >= 0.6 is 71.2 Å². The third kappa shape index (κ3) is 10.9. The van der Waals surface area contributed by atoms with Crippen LogP contribution < -0.4 is 0 Å². The minimum Gasteiger partial charge on any atom is -0.147 e. The Bertz CT molecular complexity index is 1960. The van der Waals surface area contributed by atoms with Gasteiger partial charge in [-0.3, -0.25) is 6.08 Å². The Morgan fingerprint density at radius 1 is 0.688 bits per heavy atom. The molecular weight excluding hydrogens is 796 g/mol. The van der Waals surface area contributed by atoms with Gasteiger partial charge in [0.2, 0.25) is 0 Å². The number of halogens is 6. The molecule has 0 aliphatic heterocycles. The van der Waals surface area contributed by atoms with E-state index in [-0.39, 0.29) is 24.8 Å². The second-order valence-electron chi connectivity index (χ2n) is 10.3. The number of hydrogen-bond donors (Lipinski definition) is 0. The van der Waals surface area contributed by atoms with Gasteiger partial charge in [-0.15, -0.1) is 95.1 Å². The molecule has 7 heteroatoms. The van der Waals surface area contributed by atoms with Gasteiger partial charge in [-0.05, 0) is 28.5 Å². The van der Waals surface area contributed by atoms with E-state index in [1.165, 1.54) is 68.0 Å². The van der Waals surface area contributed by atoms with Crippen molar-refractivity contribution >= 4 is 97.0 Å². The molecule has 0 fully saturated rings. The largest absolute Gasteiger partial charge is 0.147 e. The van der Waals surface area contributed by atoms with E-state index < -0.39 is 0 Å². The normalized spacial score (nSPS) is 11.0. The Morgan fingerprint density at radius 3 is 1.77 bits per heavy atom. The first-order valence-corrected chi connectivity index (χ1v) is 17.7. The van der Waals surface area contributed by atoms with Crippen molar-refractivity contribution < 1.29 is 24.2 Å². The van der Waals surface area contributed by atoms with Crippen LogP contribution in [0.15, 0.2) is 109 Å². The molecule has 0 amide bonds. The Morgan fingerprint density at radius 2 is 1.25 bits per heavy atom. The zero-order valence-electron chi connectivity index (χ0n) is 26.3. The third-order valence-electron chi connectivity index (χ3n) is 7.28. The summed E-state index contributed by atoms with van der Waals surface area (Å²) in [4.78, 5) is 0. The standard InChI is InChI=1S/C21H13.2C7H5Cl2.C5H5.CH2.2ClH.Zr/c1-2-8-15-14(7-1)13-20-18-11-4-3-9-16(18)17-10-5-6-12-19(17)21(15)20;2*1-5-2-3-6(8)4-7(5)9;1-2-4-5-3-1;;;;/h1-10,12H,13H2;2*3-4H,1H3;1-3H,4H2;1H2;2*1H;/q4*-1;;;;. The van der Waals surface area contributed by atoms with Crippen molar-refractivity contribution in [1.82, 2.24) is 0 Å². The van der Waals surface area contributed by atoms with Gasteiger partial charge in [-0.1, -0.05) is 87.9 Å². The zero-order valence-corrected chi connectivity index (χ0v) is 33.5. The number of allylic oxidation sites excluding steroid dienone is 4. The van der Waals surface area contributed by atoms with Crippen LogP contribution in [0.5, 0.6) is 0 Å². The summed E-state index contributed by atoms with van der Waals surface area (Å²) in [5.41, 5.74) is 7.54. The van der Waals surface area contributed by atoms with Gasteiger partial charge in [0.15, 0.2) is 0 Å². The summed E-state index contributed by atoms with van der Waals surface area (Å²) in [7, 11) is 0. The molecule has 6 aromatic carbocycles. The molecule has 0 N–H and O–H groups in total. The molecule has 0 radical (unpaired) electrons. The predicted molar refractivity (Wildman–Crippen MR) is 212 cm³/mol. The minimum absolute atomic E-state index is 0. The number of benzene rings is 6. The fourth-order valence-corrected chi connectivity index (χ4v) is 5.89. The molecule has 0 saturated heterocycles. The Kier molecular flexibility index (Phi) is 18.5. The summed E-state index contributed by atoms with van der Waals surface area (Å²) in [5, 5.41) is 7.90. The maximum atomic E-state index is 5.70. The summed E-state index contributed by atoms with van der Waals surface area (Å²) < 4.78 is 3.34. The van der Waals surface area contributed by atoms with E-state index in [0.29, 0.717) is 20.1 Å². The second-order valence-corrected chi connectivity index (χ2v) is 12.0. The van der Waals surface area contributed by atoms with Crippen LogP contribution in [0.4, 0.5) is 0 Å². The van der Waals surface area contributed by atoms with Crippen molar-refractivity contribution in [3.8, 4) is 11.1 Å². The van der Waals surface area contributed by atoms with E-state index in [1.807, 2.05) is 32.1 Å². The molecule has 0 nitrogen and oxygen atoms in total. The Hall–Kier alpha value is -2.19.